The van der Waals surface area contributed by atoms with Gasteiger partial charge in [0.15, 0.2) is 0 Å². The summed E-state index contributed by atoms with van der Waals surface area (Å²) in [4.78, 5) is 17.5. The van der Waals surface area contributed by atoms with Crippen molar-refractivity contribution in [2.24, 2.45) is 5.92 Å². The fourth-order valence-corrected chi connectivity index (χ4v) is 2.13. The third-order valence-corrected chi connectivity index (χ3v) is 3.27. The molecule has 86 valence electrons. The highest BCUT2D eigenvalue weighted by atomic mass is 16.3. The Labute approximate surface area is 94.9 Å². The Morgan fingerprint density at radius 3 is 2.75 bits per heavy atom. The quantitative estimate of drug-likeness (QED) is 0.820. The van der Waals surface area contributed by atoms with Gasteiger partial charge in [-0.05, 0) is 24.6 Å². The Kier molecular flexibility index (Phi) is 3.19. The van der Waals surface area contributed by atoms with Gasteiger partial charge < -0.3 is 10.0 Å². The molecule has 0 spiro atoms. The van der Waals surface area contributed by atoms with E-state index in [9.17, 15) is 4.79 Å². The van der Waals surface area contributed by atoms with Gasteiger partial charge in [-0.25, -0.2) is 0 Å². The number of aromatic nitrogens is 1. The zero-order chi connectivity index (χ0) is 11.5. The van der Waals surface area contributed by atoms with Gasteiger partial charge in [-0.3, -0.25) is 9.78 Å². The van der Waals surface area contributed by atoms with Crippen LogP contribution in [-0.2, 0) is 11.3 Å². The van der Waals surface area contributed by atoms with Crippen LogP contribution >= 0.6 is 0 Å². The lowest BCUT2D eigenvalue weighted by Crippen LogP contribution is -2.33. The third-order valence-electron chi connectivity index (χ3n) is 3.27. The van der Waals surface area contributed by atoms with Crippen LogP contribution in [0, 0.1) is 5.92 Å². The topological polar surface area (TPSA) is 53.4 Å². The molecule has 1 aliphatic rings. The van der Waals surface area contributed by atoms with Crippen molar-refractivity contribution in [3.8, 4) is 0 Å². The first-order chi connectivity index (χ1) is 7.72. The summed E-state index contributed by atoms with van der Waals surface area (Å²) in [7, 11) is 0. The maximum atomic E-state index is 11.8. The number of hydrogen-bond donors (Lipinski definition) is 1. The molecule has 2 rings (SSSR count). The predicted molar refractivity (Wildman–Crippen MR) is 59.4 cm³/mol. The van der Waals surface area contributed by atoms with E-state index in [1.54, 1.807) is 12.4 Å². The van der Waals surface area contributed by atoms with Crippen molar-refractivity contribution in [1.82, 2.24) is 9.88 Å². The van der Waals surface area contributed by atoms with Crippen molar-refractivity contribution >= 4 is 5.91 Å². The molecule has 0 radical (unpaired) electrons. The molecule has 1 aliphatic heterocycles. The van der Waals surface area contributed by atoms with E-state index in [4.69, 9.17) is 5.11 Å². The Morgan fingerprint density at radius 1 is 1.50 bits per heavy atom. The first-order valence-electron chi connectivity index (χ1n) is 5.51. The lowest BCUT2D eigenvalue weighted by Gasteiger charge is -2.24. The van der Waals surface area contributed by atoms with Crippen molar-refractivity contribution in [2.75, 3.05) is 6.61 Å². The van der Waals surface area contributed by atoms with E-state index in [1.807, 2.05) is 24.0 Å². The number of likely N-dealkylation sites (tertiary alicyclic amines) is 1. The van der Waals surface area contributed by atoms with E-state index >= 15 is 0 Å². The third kappa shape index (κ3) is 2.07. The van der Waals surface area contributed by atoms with E-state index in [0.717, 1.165) is 5.56 Å². The maximum Gasteiger partial charge on any atom is 0.223 e. The molecular formula is C12H16N2O2. The van der Waals surface area contributed by atoms with Crippen LogP contribution in [0.4, 0.5) is 0 Å². The highest BCUT2D eigenvalue weighted by Crippen LogP contribution is 2.26. The average molecular weight is 220 g/mol. The van der Waals surface area contributed by atoms with Gasteiger partial charge in [0.1, 0.15) is 0 Å². The standard InChI is InChI=1S/C12H16N2O2/c1-9-11(8-15)6-12(16)14(9)7-10-2-4-13-5-3-10/h2-5,9,11,15H,6-8H2,1H3. The summed E-state index contributed by atoms with van der Waals surface area (Å²) in [6.07, 6.45) is 3.91. The molecule has 2 heterocycles. The van der Waals surface area contributed by atoms with Crippen LogP contribution in [0.15, 0.2) is 24.5 Å². The number of aliphatic hydroxyl groups excluding tert-OH is 1. The molecule has 1 fully saturated rings. The van der Waals surface area contributed by atoms with Gasteiger partial charge in [0.05, 0.1) is 0 Å². The van der Waals surface area contributed by atoms with Crippen molar-refractivity contribution in [3.05, 3.63) is 30.1 Å². The highest BCUT2D eigenvalue weighted by molar-refractivity contribution is 5.79. The van der Waals surface area contributed by atoms with Gasteiger partial charge in [0.25, 0.3) is 0 Å². The minimum absolute atomic E-state index is 0.0781. The highest BCUT2D eigenvalue weighted by Gasteiger charge is 2.35. The lowest BCUT2D eigenvalue weighted by molar-refractivity contribution is -0.129. The first-order valence-corrected chi connectivity index (χ1v) is 5.51. The van der Waals surface area contributed by atoms with Crippen LogP contribution in [0.1, 0.15) is 18.9 Å². The van der Waals surface area contributed by atoms with E-state index < -0.39 is 0 Å². The second kappa shape index (κ2) is 4.61. The Morgan fingerprint density at radius 2 is 2.19 bits per heavy atom. The smallest absolute Gasteiger partial charge is 0.223 e. The molecule has 4 heteroatoms. The number of amides is 1. The van der Waals surface area contributed by atoms with E-state index in [1.165, 1.54) is 0 Å². The van der Waals surface area contributed by atoms with E-state index in [0.29, 0.717) is 13.0 Å². The van der Waals surface area contributed by atoms with Gasteiger partial charge in [-0.2, -0.15) is 0 Å². The summed E-state index contributed by atoms with van der Waals surface area (Å²) in [6, 6.07) is 3.93. The summed E-state index contributed by atoms with van der Waals surface area (Å²) < 4.78 is 0. The Balaban J connectivity index is 2.08. The molecule has 1 N–H and O–H groups in total. The van der Waals surface area contributed by atoms with Gasteiger partial charge >= 0.3 is 0 Å². The van der Waals surface area contributed by atoms with Crippen LogP contribution in [0.3, 0.4) is 0 Å². The molecule has 1 aromatic rings. The number of hydrogen-bond acceptors (Lipinski definition) is 3. The lowest BCUT2D eigenvalue weighted by atomic mass is 10.0. The van der Waals surface area contributed by atoms with Crippen molar-refractivity contribution in [3.63, 3.8) is 0 Å². The maximum absolute atomic E-state index is 11.8. The summed E-state index contributed by atoms with van der Waals surface area (Å²) in [5.41, 5.74) is 1.08. The molecule has 1 aromatic heterocycles. The average Bonchev–Trinajstić information content (AvgIpc) is 2.58. The fourth-order valence-electron chi connectivity index (χ4n) is 2.13. The van der Waals surface area contributed by atoms with Gasteiger partial charge in [0.2, 0.25) is 5.91 Å². The molecule has 0 aromatic carbocycles. The van der Waals surface area contributed by atoms with E-state index in [2.05, 4.69) is 4.98 Å². The first kappa shape index (κ1) is 11.1. The SMILES string of the molecule is CC1C(CO)CC(=O)N1Cc1ccncc1. The number of aliphatic hydroxyl groups is 1. The summed E-state index contributed by atoms with van der Waals surface area (Å²) in [5.74, 6) is 0.206. The van der Waals surface area contributed by atoms with Crippen molar-refractivity contribution in [2.45, 2.75) is 25.9 Å². The number of nitrogens with zero attached hydrogens (tertiary/aromatic N) is 2. The van der Waals surface area contributed by atoms with Crippen LogP contribution in [0.5, 0.6) is 0 Å². The summed E-state index contributed by atoms with van der Waals surface area (Å²) >= 11 is 0. The normalized spacial score (nSPS) is 25.1. The minimum atomic E-state index is 0.0781. The largest absolute Gasteiger partial charge is 0.396 e. The minimum Gasteiger partial charge on any atom is -0.396 e. The molecular weight excluding hydrogens is 204 g/mol. The Hall–Kier alpha value is -1.42. The predicted octanol–water partition coefficient (Wildman–Crippen LogP) is 0.811. The molecule has 0 aliphatic carbocycles. The second-order valence-corrected chi connectivity index (χ2v) is 4.26. The number of carbonyl (C=O) groups is 1. The van der Waals surface area contributed by atoms with E-state index in [-0.39, 0.29) is 24.5 Å². The molecule has 0 saturated carbocycles. The van der Waals surface area contributed by atoms with Crippen LogP contribution in [-0.4, -0.2) is 33.5 Å². The number of carbonyl (C=O) groups excluding carboxylic acids is 1. The Bertz CT molecular complexity index is 367. The van der Waals surface area contributed by atoms with Crippen LogP contribution in [0.2, 0.25) is 0 Å². The molecule has 16 heavy (non-hydrogen) atoms. The van der Waals surface area contributed by atoms with Gasteiger partial charge in [0, 0.05) is 43.9 Å². The van der Waals surface area contributed by atoms with Crippen LogP contribution < -0.4 is 0 Å². The summed E-state index contributed by atoms with van der Waals surface area (Å²) in [5, 5.41) is 9.15. The molecule has 1 saturated heterocycles. The van der Waals surface area contributed by atoms with Crippen molar-refractivity contribution < 1.29 is 9.90 Å². The monoisotopic (exact) mass is 220 g/mol. The molecule has 0 bridgehead atoms. The zero-order valence-electron chi connectivity index (χ0n) is 9.34. The van der Waals surface area contributed by atoms with Gasteiger partial charge in [-0.1, -0.05) is 0 Å². The molecule has 4 nitrogen and oxygen atoms in total. The van der Waals surface area contributed by atoms with Crippen LogP contribution in [0.25, 0.3) is 0 Å². The molecule has 2 unspecified atom stereocenters. The second-order valence-electron chi connectivity index (χ2n) is 4.26. The van der Waals surface area contributed by atoms with Gasteiger partial charge in [-0.15, -0.1) is 0 Å². The summed E-state index contributed by atoms with van der Waals surface area (Å²) in [6.45, 7) is 2.69. The number of rotatable bonds is 3. The zero-order valence-corrected chi connectivity index (χ0v) is 9.34. The molecule has 2 atom stereocenters. The fraction of sp³-hybridized carbons (Fsp3) is 0.500. The number of pyridine rings is 1. The van der Waals surface area contributed by atoms with Crippen molar-refractivity contribution in [1.29, 1.82) is 0 Å². The molecule has 1 amide bonds.